The molecule has 0 aliphatic rings. The van der Waals surface area contributed by atoms with Crippen LogP contribution >= 0.6 is 0 Å². The fourth-order valence-electron chi connectivity index (χ4n) is 1.81. The van der Waals surface area contributed by atoms with Crippen molar-refractivity contribution in [2.75, 3.05) is 6.54 Å². The van der Waals surface area contributed by atoms with E-state index in [2.05, 4.69) is 15.0 Å². The minimum atomic E-state index is -1.36. The molecule has 10 nitrogen and oxygen atoms in total. The number of hydrogen-bond donors (Lipinski definition) is 2. The van der Waals surface area contributed by atoms with E-state index in [1.807, 2.05) is 0 Å². The van der Waals surface area contributed by atoms with Crippen LogP contribution in [0.2, 0.25) is 0 Å². The highest BCUT2D eigenvalue weighted by Gasteiger charge is 2.30. The van der Waals surface area contributed by atoms with Crippen LogP contribution in [0, 0.1) is 5.92 Å². The summed E-state index contributed by atoms with van der Waals surface area (Å²) in [6, 6.07) is -1.84. The van der Waals surface area contributed by atoms with Crippen LogP contribution < -0.4 is 11.5 Å². The fourth-order valence-corrected chi connectivity index (χ4v) is 1.81. The molecule has 118 valence electrons. The Kier molecular flexibility index (Phi) is 9.38. The molecule has 0 aromatic carbocycles. The van der Waals surface area contributed by atoms with Gasteiger partial charge in [-0.05, 0) is 19.3 Å². The van der Waals surface area contributed by atoms with Gasteiger partial charge in [-0.3, -0.25) is 9.59 Å². The molecule has 2 atom stereocenters. The van der Waals surface area contributed by atoms with Crippen molar-refractivity contribution in [3.05, 3.63) is 0 Å². The maximum atomic E-state index is 11.2. The number of primary amides is 2. The monoisotopic (exact) mass is 309 g/mol. The number of nitrogens with zero attached hydrogens (tertiary/aromatic N) is 3. The van der Waals surface area contributed by atoms with Crippen LogP contribution in [-0.2, 0) is 24.0 Å². The van der Waals surface area contributed by atoms with Crippen molar-refractivity contribution in [2.24, 2.45) is 32.4 Å². The van der Waals surface area contributed by atoms with Crippen LogP contribution in [0.4, 0.5) is 0 Å². The van der Waals surface area contributed by atoms with E-state index in [0.717, 1.165) is 0 Å². The lowest BCUT2D eigenvalue weighted by Gasteiger charge is -2.20. The van der Waals surface area contributed by atoms with Gasteiger partial charge in [-0.25, -0.2) is 29.4 Å². The summed E-state index contributed by atoms with van der Waals surface area (Å²) in [4.78, 5) is 63.5. The Hall–Kier alpha value is -2.92. The van der Waals surface area contributed by atoms with E-state index in [0.29, 0.717) is 6.42 Å². The first-order chi connectivity index (χ1) is 10.5. The fraction of sp³-hybridized carbons (Fsp3) is 0.583. The summed E-state index contributed by atoms with van der Waals surface area (Å²) in [5.74, 6) is -3.31. The highest BCUT2D eigenvalue weighted by Crippen LogP contribution is 2.18. The van der Waals surface area contributed by atoms with E-state index in [4.69, 9.17) is 11.5 Å². The zero-order chi connectivity index (χ0) is 17.0. The molecule has 0 fully saturated rings. The molecule has 4 N–H and O–H groups in total. The maximum Gasteiger partial charge on any atom is 0.235 e. The minimum Gasteiger partial charge on any atom is -0.369 e. The molecule has 2 amide bonds. The number of rotatable bonds is 11. The van der Waals surface area contributed by atoms with Crippen molar-refractivity contribution in [3.8, 4) is 0 Å². The van der Waals surface area contributed by atoms with Gasteiger partial charge in [-0.15, -0.1) is 0 Å². The molecule has 0 spiro atoms. The number of amides is 2. The van der Waals surface area contributed by atoms with Gasteiger partial charge >= 0.3 is 0 Å². The van der Waals surface area contributed by atoms with Crippen molar-refractivity contribution in [1.29, 1.82) is 0 Å². The molecule has 0 aromatic heterocycles. The summed E-state index contributed by atoms with van der Waals surface area (Å²) in [6.45, 7) is 0.140. The van der Waals surface area contributed by atoms with Crippen molar-refractivity contribution < 1.29 is 24.0 Å². The second-order valence-corrected chi connectivity index (χ2v) is 4.28. The number of nitrogens with two attached hydrogens (primary N) is 2. The van der Waals surface area contributed by atoms with Crippen LogP contribution in [0.1, 0.15) is 19.3 Å². The lowest BCUT2D eigenvalue weighted by atomic mass is 9.92. The van der Waals surface area contributed by atoms with Crippen LogP contribution in [0.3, 0.4) is 0 Å². The first-order valence-electron chi connectivity index (χ1n) is 6.24. The van der Waals surface area contributed by atoms with E-state index >= 15 is 0 Å². The van der Waals surface area contributed by atoms with Gasteiger partial charge in [-0.2, -0.15) is 0 Å². The van der Waals surface area contributed by atoms with Crippen molar-refractivity contribution >= 4 is 30.1 Å². The molecule has 10 heteroatoms. The van der Waals surface area contributed by atoms with E-state index in [9.17, 15) is 24.0 Å². The van der Waals surface area contributed by atoms with E-state index < -0.39 is 29.8 Å². The molecule has 0 saturated carbocycles. The second-order valence-electron chi connectivity index (χ2n) is 4.28. The van der Waals surface area contributed by atoms with Crippen molar-refractivity contribution in [1.82, 2.24) is 0 Å². The molecule has 0 radical (unpaired) electrons. The van der Waals surface area contributed by atoms with Crippen molar-refractivity contribution in [2.45, 2.75) is 31.3 Å². The largest absolute Gasteiger partial charge is 0.369 e. The number of isocyanates is 3. The minimum absolute atomic E-state index is 0.140. The molecule has 0 bridgehead atoms. The molecule has 22 heavy (non-hydrogen) atoms. The zero-order valence-corrected chi connectivity index (χ0v) is 11.6. The Morgan fingerprint density at radius 1 is 0.909 bits per heavy atom. The van der Waals surface area contributed by atoms with Crippen LogP contribution in [0.15, 0.2) is 15.0 Å². The highest BCUT2D eigenvalue weighted by molar-refractivity contribution is 5.98. The van der Waals surface area contributed by atoms with Gasteiger partial charge < -0.3 is 11.5 Å². The first kappa shape index (κ1) is 19.1. The number of aliphatic imine (C=N–C) groups is 3. The van der Waals surface area contributed by atoms with E-state index in [1.165, 1.54) is 18.2 Å². The average molecular weight is 309 g/mol. The van der Waals surface area contributed by atoms with Crippen LogP contribution in [0.5, 0.6) is 0 Å². The second kappa shape index (κ2) is 10.8. The molecular formula is C12H15N5O5. The molecule has 0 aliphatic heterocycles. The Morgan fingerprint density at radius 3 is 1.91 bits per heavy atom. The molecule has 0 saturated heterocycles. The summed E-state index contributed by atoms with van der Waals surface area (Å²) < 4.78 is 0. The standard InChI is InChI=1S/C12H15N5O5/c13-11(21)8(12(14)22)4-10(17-7-20)9(16-6-19)2-1-3-15-5-18/h8-10H,1-4H2,(H2,13,21)(H2,14,22). The Bertz CT molecular complexity index is 530. The molecular weight excluding hydrogens is 294 g/mol. The van der Waals surface area contributed by atoms with Gasteiger partial charge in [0.25, 0.3) is 0 Å². The third kappa shape index (κ3) is 7.02. The molecule has 2 unspecified atom stereocenters. The van der Waals surface area contributed by atoms with Gasteiger partial charge in [-0.1, -0.05) is 0 Å². The zero-order valence-electron chi connectivity index (χ0n) is 11.6. The van der Waals surface area contributed by atoms with E-state index in [1.54, 1.807) is 0 Å². The topological polar surface area (TPSA) is 174 Å². The molecule has 0 aliphatic carbocycles. The van der Waals surface area contributed by atoms with E-state index in [-0.39, 0.29) is 19.4 Å². The normalized spacial score (nSPS) is 12.2. The van der Waals surface area contributed by atoms with Crippen LogP contribution in [0.25, 0.3) is 0 Å². The Labute approximate surface area is 125 Å². The number of hydrogen-bond acceptors (Lipinski definition) is 8. The summed E-state index contributed by atoms with van der Waals surface area (Å²) in [6.07, 6.45) is 4.22. The summed E-state index contributed by atoms with van der Waals surface area (Å²) in [5.41, 5.74) is 10.1. The molecule has 0 aromatic rings. The molecule has 0 heterocycles. The molecule has 0 rings (SSSR count). The van der Waals surface area contributed by atoms with Crippen molar-refractivity contribution in [3.63, 3.8) is 0 Å². The average Bonchev–Trinajstić information content (AvgIpc) is 2.46. The van der Waals surface area contributed by atoms with Gasteiger partial charge in [0.05, 0.1) is 18.6 Å². The van der Waals surface area contributed by atoms with Crippen LogP contribution in [-0.4, -0.2) is 48.7 Å². The SMILES string of the molecule is NC(=O)C(CC(N=C=O)C(CCCN=C=O)N=C=O)C(N)=O. The lowest BCUT2D eigenvalue weighted by molar-refractivity contribution is -0.132. The maximum absolute atomic E-state index is 11.2. The van der Waals surface area contributed by atoms with Gasteiger partial charge in [0.2, 0.25) is 30.1 Å². The summed E-state index contributed by atoms with van der Waals surface area (Å²) in [7, 11) is 0. The predicted octanol–water partition coefficient (Wildman–Crippen LogP) is -1.51. The third-order valence-electron chi connectivity index (χ3n) is 2.88. The van der Waals surface area contributed by atoms with Gasteiger partial charge in [0.1, 0.15) is 5.92 Å². The number of carbonyl (C=O) groups excluding carboxylic acids is 5. The predicted molar refractivity (Wildman–Crippen MR) is 72.5 cm³/mol. The highest BCUT2D eigenvalue weighted by atomic mass is 16.2. The third-order valence-corrected chi connectivity index (χ3v) is 2.88. The van der Waals surface area contributed by atoms with Gasteiger partial charge in [0, 0.05) is 0 Å². The Morgan fingerprint density at radius 2 is 1.45 bits per heavy atom. The Balaban J connectivity index is 5.14. The summed E-state index contributed by atoms with van der Waals surface area (Å²) in [5, 5.41) is 0. The lowest BCUT2D eigenvalue weighted by Crippen LogP contribution is -2.39. The quantitative estimate of drug-likeness (QED) is 0.204. The summed E-state index contributed by atoms with van der Waals surface area (Å²) >= 11 is 0. The first-order valence-corrected chi connectivity index (χ1v) is 6.24. The number of carbonyl (C=O) groups is 2. The van der Waals surface area contributed by atoms with Gasteiger partial charge in [0.15, 0.2) is 0 Å². The smallest absolute Gasteiger partial charge is 0.235 e.